The van der Waals surface area contributed by atoms with E-state index in [4.69, 9.17) is 34.8 Å². The third-order valence-corrected chi connectivity index (χ3v) is 4.48. The Morgan fingerprint density at radius 1 is 1.21 bits per heavy atom. The minimum atomic E-state index is -0.433. The zero-order valence-electron chi connectivity index (χ0n) is 10.5. The largest absolute Gasteiger partial charge is 0.255 e. The van der Waals surface area contributed by atoms with Crippen molar-refractivity contribution in [3.05, 3.63) is 46.7 Å². The molecule has 0 aliphatic rings. The second-order valence-corrected chi connectivity index (χ2v) is 5.53. The maximum absolute atomic E-state index is 6.28. The summed E-state index contributed by atoms with van der Waals surface area (Å²) in [7, 11) is 1.83. The van der Waals surface area contributed by atoms with Gasteiger partial charge in [-0.3, -0.25) is 4.68 Å². The van der Waals surface area contributed by atoms with E-state index in [1.165, 1.54) is 0 Å². The Labute approximate surface area is 127 Å². The minimum Gasteiger partial charge on any atom is -0.255 e. The van der Waals surface area contributed by atoms with E-state index in [0.717, 1.165) is 11.3 Å². The second kappa shape index (κ2) is 6.12. The molecule has 3 nitrogen and oxygen atoms in total. The highest BCUT2D eigenvalue weighted by atomic mass is 35.5. The molecule has 102 valence electrons. The van der Waals surface area contributed by atoms with Crippen molar-refractivity contribution in [2.24, 2.45) is 7.05 Å². The van der Waals surface area contributed by atoms with Crippen LogP contribution in [-0.4, -0.2) is 26.8 Å². The van der Waals surface area contributed by atoms with Crippen LogP contribution >= 0.6 is 34.8 Å². The fourth-order valence-electron chi connectivity index (χ4n) is 2.08. The molecule has 0 amide bonds. The van der Waals surface area contributed by atoms with Crippen LogP contribution in [0.25, 0.3) is 0 Å². The van der Waals surface area contributed by atoms with Gasteiger partial charge in [0.15, 0.2) is 0 Å². The molecule has 2 aromatic rings. The van der Waals surface area contributed by atoms with E-state index in [9.17, 15) is 0 Å². The molecule has 6 heteroatoms. The topological polar surface area (TPSA) is 30.7 Å². The van der Waals surface area contributed by atoms with Crippen LogP contribution in [0.1, 0.15) is 11.3 Å². The highest BCUT2D eigenvalue weighted by Crippen LogP contribution is 2.35. The minimum absolute atomic E-state index is 0.372. The van der Waals surface area contributed by atoms with Crippen molar-refractivity contribution in [3.8, 4) is 0 Å². The van der Waals surface area contributed by atoms with Crippen molar-refractivity contribution < 1.29 is 0 Å². The molecule has 0 saturated heterocycles. The summed E-state index contributed by atoms with van der Waals surface area (Å²) in [5, 5.41) is 8.71. The first-order valence-electron chi connectivity index (χ1n) is 5.83. The Morgan fingerprint density at radius 3 is 2.42 bits per heavy atom. The summed E-state index contributed by atoms with van der Waals surface area (Å²) in [6.45, 7) is 0. The van der Waals surface area contributed by atoms with E-state index >= 15 is 0 Å². The first-order chi connectivity index (χ1) is 9.11. The van der Waals surface area contributed by atoms with Gasteiger partial charge in [-0.15, -0.1) is 28.3 Å². The van der Waals surface area contributed by atoms with Crippen molar-refractivity contribution in [2.45, 2.75) is 11.8 Å². The van der Waals surface area contributed by atoms with Crippen LogP contribution in [0.3, 0.4) is 0 Å². The molecule has 0 bridgehead atoms. The first-order valence-corrected chi connectivity index (χ1v) is 7.28. The van der Waals surface area contributed by atoms with Crippen LogP contribution in [0.2, 0.25) is 5.02 Å². The number of aryl methyl sites for hydroxylation is 1. The third kappa shape index (κ3) is 3.04. The zero-order valence-corrected chi connectivity index (χ0v) is 12.8. The fourth-order valence-corrected chi connectivity index (χ4v) is 3.18. The average Bonchev–Trinajstić information content (AvgIpc) is 2.82. The van der Waals surface area contributed by atoms with Gasteiger partial charge in [0.2, 0.25) is 0 Å². The van der Waals surface area contributed by atoms with Gasteiger partial charge in [-0.2, -0.15) is 0 Å². The molecule has 0 N–H and O–H groups in total. The van der Waals surface area contributed by atoms with Crippen molar-refractivity contribution in [3.63, 3.8) is 0 Å². The normalized spacial score (nSPS) is 11.8. The maximum atomic E-state index is 6.28. The van der Waals surface area contributed by atoms with Gasteiger partial charge in [-0.1, -0.05) is 35.0 Å². The van der Waals surface area contributed by atoms with Crippen molar-refractivity contribution in [1.82, 2.24) is 15.0 Å². The Balaban J connectivity index is 2.40. The summed E-state index contributed by atoms with van der Waals surface area (Å²) < 4.78 is 1.66. The van der Waals surface area contributed by atoms with E-state index in [1.807, 2.05) is 37.5 Å². The van der Waals surface area contributed by atoms with Gasteiger partial charge < -0.3 is 0 Å². The van der Waals surface area contributed by atoms with Gasteiger partial charge in [0.05, 0.1) is 5.69 Å². The van der Waals surface area contributed by atoms with Crippen molar-refractivity contribution >= 4 is 34.8 Å². The highest BCUT2D eigenvalue weighted by molar-refractivity contribution is 6.32. The molecule has 1 heterocycles. The van der Waals surface area contributed by atoms with Gasteiger partial charge in [0.25, 0.3) is 0 Å². The second-order valence-electron chi connectivity index (χ2n) is 4.59. The molecule has 0 fully saturated rings. The van der Waals surface area contributed by atoms with Crippen LogP contribution in [0, 0.1) is 0 Å². The van der Waals surface area contributed by atoms with Crippen LogP contribution in [-0.2, 0) is 18.9 Å². The Kier molecular flexibility index (Phi) is 4.71. The lowest BCUT2D eigenvalue weighted by molar-refractivity contribution is 0.528. The number of hydrogen-bond acceptors (Lipinski definition) is 2. The number of aromatic nitrogens is 3. The molecular weight excluding hydrogens is 305 g/mol. The molecule has 1 aromatic heterocycles. The monoisotopic (exact) mass is 317 g/mol. The molecule has 2 rings (SSSR count). The standard InChI is InChI=1S/C13H14Cl3N3/c1-19-7-10(17-18-19)6-13(8-14,9-15)11-4-2-3-5-12(11)16/h2-5,7H,6,8-9H2,1H3. The zero-order chi connectivity index (χ0) is 13.9. The molecule has 0 aliphatic carbocycles. The number of halogens is 3. The van der Waals surface area contributed by atoms with Crippen LogP contribution in [0.5, 0.6) is 0 Å². The molecular formula is C13H14Cl3N3. The smallest absolute Gasteiger partial charge is 0.0836 e. The number of nitrogens with zero attached hydrogens (tertiary/aromatic N) is 3. The highest BCUT2D eigenvalue weighted by Gasteiger charge is 2.33. The summed E-state index contributed by atoms with van der Waals surface area (Å²) in [6.07, 6.45) is 2.47. The summed E-state index contributed by atoms with van der Waals surface area (Å²) in [6, 6.07) is 7.64. The summed E-state index contributed by atoms with van der Waals surface area (Å²) >= 11 is 18.7. The van der Waals surface area contributed by atoms with Gasteiger partial charge in [0.1, 0.15) is 0 Å². The first kappa shape index (κ1) is 14.6. The number of alkyl halides is 2. The van der Waals surface area contributed by atoms with E-state index in [-0.39, 0.29) is 0 Å². The average molecular weight is 319 g/mol. The predicted octanol–water partition coefficient (Wildman–Crippen LogP) is 3.43. The van der Waals surface area contributed by atoms with E-state index in [0.29, 0.717) is 23.2 Å². The summed E-state index contributed by atoms with van der Waals surface area (Å²) in [5.74, 6) is 0.744. The van der Waals surface area contributed by atoms with E-state index in [2.05, 4.69) is 10.3 Å². The Morgan fingerprint density at radius 2 is 1.89 bits per heavy atom. The molecule has 19 heavy (non-hydrogen) atoms. The quantitative estimate of drug-likeness (QED) is 0.791. The van der Waals surface area contributed by atoms with Crippen LogP contribution in [0.4, 0.5) is 0 Å². The summed E-state index contributed by atoms with van der Waals surface area (Å²) in [4.78, 5) is 0. The number of hydrogen-bond donors (Lipinski definition) is 0. The Hall–Kier alpha value is -0.770. The van der Waals surface area contributed by atoms with Gasteiger partial charge in [-0.05, 0) is 11.6 Å². The van der Waals surface area contributed by atoms with Gasteiger partial charge >= 0.3 is 0 Å². The lowest BCUT2D eigenvalue weighted by atomic mass is 9.80. The van der Waals surface area contributed by atoms with E-state index in [1.54, 1.807) is 4.68 Å². The lowest BCUT2D eigenvalue weighted by Gasteiger charge is -2.30. The molecule has 0 radical (unpaired) electrons. The molecule has 0 aliphatic heterocycles. The number of rotatable bonds is 5. The van der Waals surface area contributed by atoms with Gasteiger partial charge in [0, 0.05) is 41.9 Å². The van der Waals surface area contributed by atoms with Crippen LogP contribution in [0.15, 0.2) is 30.5 Å². The van der Waals surface area contributed by atoms with E-state index < -0.39 is 5.41 Å². The number of benzene rings is 1. The molecule has 0 atom stereocenters. The lowest BCUT2D eigenvalue weighted by Crippen LogP contribution is -2.33. The summed E-state index contributed by atoms with van der Waals surface area (Å²) in [5.41, 5.74) is 1.37. The van der Waals surface area contributed by atoms with Gasteiger partial charge in [-0.25, -0.2) is 0 Å². The maximum Gasteiger partial charge on any atom is 0.0836 e. The molecule has 0 spiro atoms. The fraction of sp³-hybridized carbons (Fsp3) is 0.385. The SMILES string of the molecule is Cn1cc(CC(CCl)(CCl)c2ccccc2Cl)nn1. The molecule has 0 unspecified atom stereocenters. The van der Waals surface area contributed by atoms with Crippen LogP contribution < -0.4 is 0 Å². The Bertz CT molecular complexity index is 550. The molecule has 1 aromatic carbocycles. The van der Waals surface area contributed by atoms with Crippen molar-refractivity contribution in [1.29, 1.82) is 0 Å². The third-order valence-electron chi connectivity index (χ3n) is 3.13. The molecule has 0 saturated carbocycles. The predicted molar refractivity (Wildman–Crippen MR) is 79.3 cm³/mol. The van der Waals surface area contributed by atoms with Crippen molar-refractivity contribution in [2.75, 3.05) is 11.8 Å².